The summed E-state index contributed by atoms with van der Waals surface area (Å²) in [5.41, 5.74) is 3.14. The van der Waals surface area contributed by atoms with E-state index in [1.165, 1.54) is 4.57 Å². The molecule has 0 unspecified atom stereocenters. The molecule has 8 nitrogen and oxygen atoms in total. The second-order valence-corrected chi connectivity index (χ2v) is 9.16. The molecule has 0 fully saturated rings. The quantitative estimate of drug-likeness (QED) is 0.267. The van der Waals surface area contributed by atoms with Gasteiger partial charge in [-0.2, -0.15) is 0 Å². The normalized spacial score (nSPS) is 10.8. The number of aryl methyl sites for hydroxylation is 2. The van der Waals surface area contributed by atoms with Crippen LogP contribution in [-0.4, -0.2) is 19.7 Å². The number of nitrogens with one attached hydrogen (secondary N) is 1. The molecular formula is C30H27F2KN4O4. The monoisotopic (exact) mass is 584 g/mol. The van der Waals surface area contributed by atoms with Crippen molar-refractivity contribution in [1.82, 2.24) is 19.7 Å². The standard InChI is InChI=1S/C30H26F2N4O4.K.H/c1-3-7-26-33-24(4-2)27(39-25-16-20(31)14-15-23(25)32)29(37)36(26)17-18-10-12-19(13-11-18)21-8-5-6-9-22(21)28-34-30(38)40-35-28;;/h5-6,8-16H,3-4,7,17H2,1-2H3,(H,34,35,38);;/q;+1;-1. The number of benzene rings is 3. The van der Waals surface area contributed by atoms with Crippen LogP contribution in [0.2, 0.25) is 0 Å². The Bertz CT molecular complexity index is 1790. The predicted molar refractivity (Wildman–Crippen MR) is 147 cm³/mol. The molecule has 5 aromatic rings. The molecule has 0 radical (unpaired) electrons. The van der Waals surface area contributed by atoms with Gasteiger partial charge in [-0.05, 0) is 41.7 Å². The molecule has 0 saturated carbocycles. The van der Waals surface area contributed by atoms with Crippen LogP contribution in [0.5, 0.6) is 11.5 Å². The minimum Gasteiger partial charge on any atom is -1.00 e. The van der Waals surface area contributed by atoms with Gasteiger partial charge in [0, 0.05) is 18.1 Å². The van der Waals surface area contributed by atoms with Crippen LogP contribution < -0.4 is 67.4 Å². The SMILES string of the molecule is CCCc1nc(CC)c(Oc2cc(F)ccc2F)c(=O)n1Cc1ccc(-c2ccccc2-c2noc(=O)[nH]2)cc1.[H-].[K+]. The van der Waals surface area contributed by atoms with E-state index in [9.17, 15) is 18.4 Å². The van der Waals surface area contributed by atoms with Gasteiger partial charge in [-0.1, -0.05) is 67.5 Å². The zero-order chi connectivity index (χ0) is 28.2. The molecule has 0 saturated heterocycles. The molecule has 3 aromatic carbocycles. The number of aromatic amines is 1. The molecule has 2 aromatic heterocycles. The molecule has 0 aliphatic rings. The van der Waals surface area contributed by atoms with Crippen LogP contribution >= 0.6 is 0 Å². The summed E-state index contributed by atoms with van der Waals surface area (Å²) in [6.07, 6.45) is 1.69. The Hall–Kier alpha value is -3.22. The van der Waals surface area contributed by atoms with Crippen LogP contribution in [0.4, 0.5) is 8.78 Å². The molecular weight excluding hydrogens is 557 g/mol. The van der Waals surface area contributed by atoms with E-state index in [-0.39, 0.29) is 70.9 Å². The van der Waals surface area contributed by atoms with Crippen LogP contribution in [0.15, 0.2) is 80.8 Å². The average Bonchev–Trinajstić information content (AvgIpc) is 3.40. The number of aromatic nitrogens is 4. The van der Waals surface area contributed by atoms with Crippen molar-refractivity contribution in [1.29, 1.82) is 0 Å². The van der Waals surface area contributed by atoms with E-state index in [4.69, 9.17) is 4.74 Å². The molecule has 11 heteroatoms. The Morgan fingerprint density at radius 1 is 1.00 bits per heavy atom. The van der Waals surface area contributed by atoms with Gasteiger partial charge < -0.3 is 6.16 Å². The van der Waals surface area contributed by atoms with Gasteiger partial charge in [0.2, 0.25) is 5.75 Å². The number of ether oxygens (including phenoxy) is 1. The summed E-state index contributed by atoms with van der Waals surface area (Å²) in [5.74, 6) is -1.69. The third kappa shape index (κ3) is 6.82. The van der Waals surface area contributed by atoms with Crippen molar-refractivity contribution in [3.63, 3.8) is 0 Å². The van der Waals surface area contributed by atoms with Crippen molar-refractivity contribution >= 4 is 0 Å². The fourth-order valence-electron chi connectivity index (χ4n) is 4.47. The smallest absolute Gasteiger partial charge is 1.00 e. The molecule has 0 atom stereocenters. The van der Waals surface area contributed by atoms with Crippen molar-refractivity contribution in [3.8, 4) is 34.0 Å². The first-order valence-corrected chi connectivity index (χ1v) is 12.9. The fourth-order valence-corrected chi connectivity index (χ4v) is 4.47. The summed E-state index contributed by atoms with van der Waals surface area (Å²) < 4.78 is 39.9. The van der Waals surface area contributed by atoms with Gasteiger partial charge in [0.25, 0.3) is 5.56 Å². The topological polar surface area (TPSA) is 103 Å². The van der Waals surface area contributed by atoms with Gasteiger partial charge in [-0.15, -0.1) is 0 Å². The molecule has 206 valence electrons. The zero-order valence-corrected chi connectivity index (χ0v) is 26.0. The molecule has 2 heterocycles. The Balaban J connectivity index is 0.00000242. The maximum Gasteiger partial charge on any atom is 1.00 e. The van der Waals surface area contributed by atoms with Crippen molar-refractivity contribution in [2.75, 3.05) is 0 Å². The zero-order valence-electron chi connectivity index (χ0n) is 23.9. The van der Waals surface area contributed by atoms with Crippen LogP contribution in [0.3, 0.4) is 0 Å². The average molecular weight is 585 g/mol. The molecule has 5 rings (SSSR count). The molecule has 1 N–H and O–H groups in total. The van der Waals surface area contributed by atoms with E-state index in [1.54, 1.807) is 0 Å². The van der Waals surface area contributed by atoms with Crippen molar-refractivity contribution in [3.05, 3.63) is 116 Å². The Morgan fingerprint density at radius 2 is 1.73 bits per heavy atom. The van der Waals surface area contributed by atoms with Gasteiger partial charge in [0.15, 0.2) is 17.4 Å². The largest absolute Gasteiger partial charge is 1.00 e. The first kappa shape index (κ1) is 30.7. The van der Waals surface area contributed by atoms with E-state index in [0.29, 0.717) is 35.7 Å². The molecule has 41 heavy (non-hydrogen) atoms. The minimum absolute atomic E-state index is 0. The summed E-state index contributed by atoms with van der Waals surface area (Å²) in [7, 11) is 0. The third-order valence-corrected chi connectivity index (χ3v) is 6.42. The van der Waals surface area contributed by atoms with E-state index in [2.05, 4.69) is 19.6 Å². The maximum absolute atomic E-state index is 14.3. The molecule has 0 spiro atoms. The molecule has 0 aliphatic carbocycles. The number of nitrogens with zero attached hydrogens (tertiary/aromatic N) is 3. The molecule has 0 bridgehead atoms. The summed E-state index contributed by atoms with van der Waals surface area (Å²) >= 11 is 0. The van der Waals surface area contributed by atoms with Crippen molar-refractivity contribution in [2.45, 2.75) is 39.7 Å². The van der Waals surface area contributed by atoms with Crippen LogP contribution in [0.25, 0.3) is 22.5 Å². The van der Waals surface area contributed by atoms with Crippen LogP contribution in [0, 0.1) is 11.6 Å². The summed E-state index contributed by atoms with van der Waals surface area (Å²) in [6, 6.07) is 17.9. The van der Waals surface area contributed by atoms with Gasteiger partial charge in [0.1, 0.15) is 11.6 Å². The van der Waals surface area contributed by atoms with Gasteiger partial charge in [0.05, 0.1) is 12.2 Å². The maximum atomic E-state index is 14.3. The Morgan fingerprint density at radius 3 is 2.39 bits per heavy atom. The molecule has 0 aliphatic heterocycles. The van der Waals surface area contributed by atoms with Gasteiger partial charge >= 0.3 is 57.1 Å². The van der Waals surface area contributed by atoms with Crippen LogP contribution in [-0.2, 0) is 19.4 Å². The number of rotatable bonds is 9. The van der Waals surface area contributed by atoms with Crippen LogP contribution in [0.1, 0.15) is 38.8 Å². The second kappa shape index (κ2) is 13.6. The Labute approximate surface area is 278 Å². The fraction of sp³-hybridized carbons (Fsp3) is 0.200. The van der Waals surface area contributed by atoms with E-state index < -0.39 is 22.9 Å². The number of hydrogen-bond donors (Lipinski definition) is 1. The number of halogens is 2. The summed E-state index contributed by atoms with van der Waals surface area (Å²) in [5, 5.41) is 3.80. The van der Waals surface area contributed by atoms with E-state index in [0.717, 1.165) is 41.3 Å². The van der Waals surface area contributed by atoms with E-state index in [1.807, 2.05) is 62.4 Å². The minimum atomic E-state index is -0.780. The van der Waals surface area contributed by atoms with Crippen molar-refractivity contribution in [2.24, 2.45) is 0 Å². The van der Waals surface area contributed by atoms with Crippen molar-refractivity contribution < 1.29 is 70.9 Å². The number of hydrogen-bond acceptors (Lipinski definition) is 6. The first-order chi connectivity index (χ1) is 19.4. The second-order valence-electron chi connectivity index (χ2n) is 9.16. The number of H-pyrrole nitrogens is 1. The van der Waals surface area contributed by atoms with E-state index >= 15 is 0 Å². The summed E-state index contributed by atoms with van der Waals surface area (Å²) in [4.78, 5) is 32.4. The van der Waals surface area contributed by atoms with Gasteiger partial charge in [-0.3, -0.25) is 18.9 Å². The summed E-state index contributed by atoms with van der Waals surface area (Å²) in [6.45, 7) is 4.01. The predicted octanol–water partition coefficient (Wildman–Crippen LogP) is 3.00. The molecule has 0 amide bonds. The Kier molecular flexibility index (Phi) is 10.2. The third-order valence-electron chi connectivity index (χ3n) is 6.42. The first-order valence-electron chi connectivity index (χ1n) is 12.9. The van der Waals surface area contributed by atoms with Gasteiger partial charge in [-0.25, -0.2) is 18.6 Å².